The molecule has 3 rings (SSSR count). The van der Waals surface area contributed by atoms with E-state index in [4.69, 9.17) is 0 Å². The third-order valence-corrected chi connectivity index (χ3v) is 3.83. The van der Waals surface area contributed by atoms with Crippen molar-refractivity contribution in [3.8, 4) is 0 Å². The summed E-state index contributed by atoms with van der Waals surface area (Å²) in [6.45, 7) is 0. The minimum atomic E-state index is -0.671. The lowest BCUT2D eigenvalue weighted by atomic mass is 10.1. The van der Waals surface area contributed by atoms with Gasteiger partial charge in [-0.25, -0.2) is 18.2 Å². The number of nitrogens with zero attached hydrogens (tertiary/aromatic N) is 2. The quantitative estimate of drug-likeness (QED) is 0.912. The van der Waals surface area contributed by atoms with Gasteiger partial charge in [-0.05, 0) is 24.3 Å². The monoisotopic (exact) mass is 321 g/mol. The number of rotatable bonds is 2. The lowest BCUT2D eigenvalue weighted by molar-refractivity contribution is 0.578. The van der Waals surface area contributed by atoms with Crippen LogP contribution in [0.25, 0.3) is 0 Å². The summed E-state index contributed by atoms with van der Waals surface area (Å²) in [6.07, 6.45) is 0. The topological polar surface area (TPSA) is 36.8 Å². The molecule has 0 saturated carbocycles. The molecule has 1 N–H and O–H groups in total. The predicted octanol–water partition coefficient (Wildman–Crippen LogP) is 3.83. The zero-order chi connectivity index (χ0) is 15.5. The van der Waals surface area contributed by atoms with Gasteiger partial charge in [-0.2, -0.15) is 5.10 Å². The Kier molecular flexibility index (Phi) is 4.15. The Morgan fingerprint density at radius 1 is 0.955 bits per heavy atom. The first-order chi connectivity index (χ1) is 10.6. The number of aliphatic imine (C=N–C) groups is 1. The SMILES string of the molecule is Fc1ccccc1N=C1NN=C(c2c(F)cccc2F)CS1. The van der Waals surface area contributed by atoms with Crippen molar-refractivity contribution >= 4 is 28.3 Å². The normalized spacial score (nSPS) is 16.3. The zero-order valence-electron chi connectivity index (χ0n) is 11.2. The fourth-order valence-corrected chi connectivity index (χ4v) is 2.68. The number of halogens is 3. The first kappa shape index (κ1) is 14.6. The van der Waals surface area contributed by atoms with E-state index in [0.717, 1.165) is 0 Å². The summed E-state index contributed by atoms with van der Waals surface area (Å²) in [5.74, 6) is -1.56. The number of para-hydroxylation sites is 1. The molecule has 0 atom stereocenters. The second-order valence-electron chi connectivity index (χ2n) is 4.42. The number of thioether (sulfide) groups is 1. The van der Waals surface area contributed by atoms with Crippen LogP contribution in [-0.4, -0.2) is 16.6 Å². The molecular formula is C15H10F3N3S. The van der Waals surface area contributed by atoms with Crippen molar-refractivity contribution in [3.63, 3.8) is 0 Å². The third kappa shape index (κ3) is 2.99. The molecular weight excluding hydrogens is 311 g/mol. The van der Waals surface area contributed by atoms with Crippen molar-refractivity contribution in [1.82, 2.24) is 5.43 Å². The van der Waals surface area contributed by atoms with Gasteiger partial charge in [-0.15, -0.1) is 0 Å². The average molecular weight is 321 g/mol. The van der Waals surface area contributed by atoms with Crippen molar-refractivity contribution in [2.75, 3.05) is 5.75 Å². The summed E-state index contributed by atoms with van der Waals surface area (Å²) in [4.78, 5) is 4.09. The van der Waals surface area contributed by atoms with Crippen LogP contribution in [0.3, 0.4) is 0 Å². The van der Waals surface area contributed by atoms with E-state index in [1.54, 1.807) is 12.1 Å². The molecule has 2 aromatic rings. The highest BCUT2D eigenvalue weighted by Crippen LogP contribution is 2.22. The van der Waals surface area contributed by atoms with Crippen LogP contribution in [-0.2, 0) is 0 Å². The molecule has 0 fully saturated rings. The molecule has 1 aliphatic rings. The second kappa shape index (κ2) is 6.23. The van der Waals surface area contributed by atoms with E-state index >= 15 is 0 Å². The van der Waals surface area contributed by atoms with Gasteiger partial charge < -0.3 is 0 Å². The molecule has 7 heteroatoms. The highest BCUT2D eigenvalue weighted by Gasteiger charge is 2.19. The van der Waals surface area contributed by atoms with Crippen LogP contribution in [0.15, 0.2) is 52.6 Å². The molecule has 0 unspecified atom stereocenters. The molecule has 0 amide bonds. The van der Waals surface area contributed by atoms with Gasteiger partial charge in [0.1, 0.15) is 23.1 Å². The van der Waals surface area contributed by atoms with Gasteiger partial charge in [0.15, 0.2) is 5.17 Å². The summed E-state index contributed by atoms with van der Waals surface area (Å²) >= 11 is 1.20. The molecule has 2 aromatic carbocycles. The van der Waals surface area contributed by atoms with Gasteiger partial charge >= 0.3 is 0 Å². The largest absolute Gasteiger partial charge is 0.255 e. The molecule has 112 valence electrons. The van der Waals surface area contributed by atoms with E-state index in [0.29, 0.717) is 5.17 Å². The molecule has 1 aliphatic heterocycles. The van der Waals surface area contributed by atoms with Crippen molar-refractivity contribution in [2.24, 2.45) is 10.1 Å². The summed E-state index contributed by atoms with van der Waals surface area (Å²) in [7, 11) is 0. The van der Waals surface area contributed by atoms with Crippen molar-refractivity contribution in [3.05, 3.63) is 65.5 Å². The zero-order valence-corrected chi connectivity index (χ0v) is 12.0. The Balaban J connectivity index is 1.85. The van der Waals surface area contributed by atoms with Crippen molar-refractivity contribution < 1.29 is 13.2 Å². The predicted molar refractivity (Wildman–Crippen MR) is 82.0 cm³/mol. The Morgan fingerprint density at radius 2 is 1.64 bits per heavy atom. The minimum Gasteiger partial charge on any atom is -0.255 e. The lowest BCUT2D eigenvalue weighted by Crippen LogP contribution is -2.26. The fraction of sp³-hybridized carbons (Fsp3) is 0.0667. The number of amidine groups is 1. The lowest BCUT2D eigenvalue weighted by Gasteiger charge is -2.15. The average Bonchev–Trinajstić information content (AvgIpc) is 2.51. The smallest absolute Gasteiger partial charge is 0.182 e. The molecule has 0 aromatic heterocycles. The van der Waals surface area contributed by atoms with Crippen LogP contribution < -0.4 is 5.43 Å². The maximum Gasteiger partial charge on any atom is 0.182 e. The highest BCUT2D eigenvalue weighted by atomic mass is 32.2. The van der Waals surface area contributed by atoms with Crippen LogP contribution in [0, 0.1) is 17.5 Å². The van der Waals surface area contributed by atoms with Gasteiger partial charge in [0, 0.05) is 5.75 Å². The van der Waals surface area contributed by atoms with E-state index in [1.165, 1.54) is 42.1 Å². The standard InChI is InChI=1S/C15H10F3N3S/c16-9-4-1-2-7-12(9)19-15-21-20-13(8-22-15)14-10(17)5-3-6-11(14)18/h1-7H,8H2,(H,19,21). The Bertz CT molecular complexity index is 754. The number of hydrogen-bond acceptors (Lipinski definition) is 3. The van der Waals surface area contributed by atoms with Gasteiger partial charge in [-0.3, -0.25) is 5.43 Å². The fourth-order valence-electron chi connectivity index (χ4n) is 1.93. The minimum absolute atomic E-state index is 0.160. The maximum atomic E-state index is 13.7. The molecule has 0 bridgehead atoms. The third-order valence-electron chi connectivity index (χ3n) is 2.96. The number of nitrogens with one attached hydrogen (secondary N) is 1. The highest BCUT2D eigenvalue weighted by molar-refractivity contribution is 8.14. The summed E-state index contributed by atoms with van der Waals surface area (Å²) < 4.78 is 40.9. The van der Waals surface area contributed by atoms with Crippen LogP contribution >= 0.6 is 11.8 Å². The van der Waals surface area contributed by atoms with E-state index in [9.17, 15) is 13.2 Å². The van der Waals surface area contributed by atoms with E-state index in [2.05, 4.69) is 15.5 Å². The van der Waals surface area contributed by atoms with Gasteiger partial charge in [0.25, 0.3) is 0 Å². The molecule has 0 radical (unpaired) electrons. The van der Waals surface area contributed by atoms with E-state index < -0.39 is 17.5 Å². The summed E-state index contributed by atoms with van der Waals surface area (Å²) in [5.41, 5.74) is 2.86. The molecule has 3 nitrogen and oxygen atoms in total. The Labute approximate surface area is 129 Å². The molecule has 22 heavy (non-hydrogen) atoms. The molecule has 0 aliphatic carbocycles. The van der Waals surface area contributed by atoms with Gasteiger partial charge in [0.2, 0.25) is 0 Å². The number of benzene rings is 2. The molecule has 0 spiro atoms. The van der Waals surface area contributed by atoms with Crippen LogP contribution in [0.2, 0.25) is 0 Å². The van der Waals surface area contributed by atoms with Crippen LogP contribution in [0.4, 0.5) is 18.9 Å². The summed E-state index contributed by atoms with van der Waals surface area (Å²) in [6, 6.07) is 9.71. The van der Waals surface area contributed by atoms with Gasteiger partial charge in [0.05, 0.1) is 11.3 Å². The second-order valence-corrected chi connectivity index (χ2v) is 5.39. The molecule has 0 saturated heterocycles. The van der Waals surface area contributed by atoms with Crippen LogP contribution in [0.1, 0.15) is 5.56 Å². The maximum absolute atomic E-state index is 13.7. The first-order valence-electron chi connectivity index (χ1n) is 6.38. The van der Waals surface area contributed by atoms with E-state index in [-0.39, 0.29) is 22.7 Å². The number of hydrazone groups is 1. The first-order valence-corrected chi connectivity index (χ1v) is 7.36. The Hall–Kier alpha value is -2.28. The number of hydrogen-bond donors (Lipinski definition) is 1. The van der Waals surface area contributed by atoms with Crippen molar-refractivity contribution in [1.29, 1.82) is 0 Å². The van der Waals surface area contributed by atoms with Crippen LogP contribution in [0.5, 0.6) is 0 Å². The summed E-state index contributed by atoms with van der Waals surface area (Å²) in [5, 5.41) is 4.31. The van der Waals surface area contributed by atoms with Crippen molar-refractivity contribution in [2.45, 2.75) is 0 Å². The Morgan fingerprint density at radius 3 is 2.27 bits per heavy atom. The van der Waals surface area contributed by atoms with E-state index in [1.807, 2.05) is 0 Å². The van der Waals surface area contributed by atoms with Gasteiger partial charge in [-0.1, -0.05) is 30.0 Å². The molecule has 1 heterocycles.